The lowest BCUT2D eigenvalue weighted by atomic mass is 9.70. The van der Waals surface area contributed by atoms with Crippen molar-refractivity contribution in [1.82, 2.24) is 4.57 Å². The van der Waals surface area contributed by atoms with Gasteiger partial charge in [0.25, 0.3) is 0 Å². The summed E-state index contributed by atoms with van der Waals surface area (Å²) in [6.45, 7) is 0. The van der Waals surface area contributed by atoms with Crippen molar-refractivity contribution in [1.29, 1.82) is 0 Å². The van der Waals surface area contributed by atoms with Crippen LogP contribution in [0.25, 0.3) is 116 Å². The number of fused-ring (bicyclic) bond motifs is 9. The molecule has 1 heterocycles. The molecule has 13 aromatic rings. The van der Waals surface area contributed by atoms with Crippen LogP contribution >= 0.6 is 0 Å². The van der Waals surface area contributed by atoms with Gasteiger partial charge >= 0.3 is 0 Å². The Hall–Kier alpha value is -9.24. The van der Waals surface area contributed by atoms with Gasteiger partial charge in [-0.05, 0) is 167 Å². The molecule has 0 amide bonds. The molecule has 70 heavy (non-hydrogen) atoms. The molecular formula is C68H44N2. The summed E-state index contributed by atoms with van der Waals surface area (Å²) < 4.78 is 2.38. The fraction of sp³-hybridized carbons (Fsp3) is 0. The maximum absolute atomic E-state index is 2.45. The van der Waals surface area contributed by atoms with Crippen molar-refractivity contribution in [2.75, 3.05) is 4.90 Å². The standard InChI is InChI=1S/C68H44N2/c1-5-18-45(19-6-1)46-32-36-54(37-33-46)69(55-27-17-24-49(40-55)50-35-39-64-60(42-50)57-28-15-16-31-63(57)70(64)53-25-11-4-12-26-53)56-38-34-51-43-61-62(44-52(51)41-56)68-66(48-22-9-3-10-23-48)59-30-14-13-29-58(59)65(67(61)68)47-20-7-2-8-21-47/h1-44H. The first kappa shape index (κ1) is 39.9. The van der Waals surface area contributed by atoms with Gasteiger partial charge < -0.3 is 9.47 Å². The molecule has 2 nitrogen and oxygen atoms in total. The molecule has 1 aromatic heterocycles. The number of para-hydroxylation sites is 2. The molecule has 0 saturated carbocycles. The van der Waals surface area contributed by atoms with E-state index >= 15 is 0 Å². The maximum Gasteiger partial charge on any atom is 0.0541 e. The van der Waals surface area contributed by atoms with Crippen molar-refractivity contribution >= 4 is 60.4 Å². The third-order valence-corrected chi connectivity index (χ3v) is 14.5. The van der Waals surface area contributed by atoms with Crippen LogP contribution in [0.3, 0.4) is 0 Å². The van der Waals surface area contributed by atoms with Gasteiger partial charge in [-0.3, -0.25) is 0 Å². The molecule has 1 aliphatic carbocycles. The van der Waals surface area contributed by atoms with Gasteiger partial charge in [0.05, 0.1) is 11.0 Å². The first-order chi connectivity index (χ1) is 34.7. The van der Waals surface area contributed by atoms with Crippen LogP contribution in [0, 0.1) is 0 Å². The van der Waals surface area contributed by atoms with E-state index in [2.05, 4.69) is 276 Å². The minimum atomic E-state index is 1.09. The number of hydrogen-bond donors (Lipinski definition) is 0. The summed E-state index contributed by atoms with van der Waals surface area (Å²) >= 11 is 0. The Balaban J connectivity index is 0.930. The van der Waals surface area contributed by atoms with Gasteiger partial charge in [0.15, 0.2) is 0 Å². The summed E-state index contributed by atoms with van der Waals surface area (Å²) in [5.41, 5.74) is 21.9. The second-order valence-electron chi connectivity index (χ2n) is 18.4. The van der Waals surface area contributed by atoms with Crippen LogP contribution in [0.2, 0.25) is 0 Å². The summed E-state index contributed by atoms with van der Waals surface area (Å²) in [6, 6.07) is 97.8. The number of hydrogen-bond acceptors (Lipinski definition) is 1. The molecule has 0 N–H and O–H groups in total. The zero-order valence-corrected chi connectivity index (χ0v) is 38.3. The lowest BCUT2D eigenvalue weighted by molar-refractivity contribution is 1.18. The minimum Gasteiger partial charge on any atom is -0.310 e. The van der Waals surface area contributed by atoms with Gasteiger partial charge in [-0.2, -0.15) is 0 Å². The molecule has 0 spiro atoms. The average molecular weight is 889 g/mol. The lowest BCUT2D eigenvalue weighted by Gasteiger charge is -2.33. The number of anilines is 3. The van der Waals surface area contributed by atoms with Crippen LogP contribution in [-0.4, -0.2) is 4.57 Å². The first-order valence-electron chi connectivity index (χ1n) is 24.2. The SMILES string of the molecule is c1ccc(-c2ccc(N(c3cccc(-c4ccc5c(c4)c4ccccc4n5-c4ccccc4)c3)c3ccc4cc5c(cc4c3)-c3c-5c(-c4ccccc4)c4ccccc4c3-c3ccccc3)cc2)cc1. The van der Waals surface area contributed by atoms with E-state index < -0.39 is 0 Å². The van der Waals surface area contributed by atoms with E-state index in [0.29, 0.717) is 0 Å². The molecule has 0 aliphatic heterocycles. The second-order valence-corrected chi connectivity index (χ2v) is 18.4. The highest BCUT2D eigenvalue weighted by Gasteiger charge is 2.33. The summed E-state index contributed by atoms with van der Waals surface area (Å²) in [5.74, 6) is 0. The van der Waals surface area contributed by atoms with Gasteiger partial charge in [-0.1, -0.05) is 188 Å². The van der Waals surface area contributed by atoms with Gasteiger partial charge in [-0.25, -0.2) is 0 Å². The molecule has 1 aliphatic rings. The minimum absolute atomic E-state index is 1.09. The van der Waals surface area contributed by atoms with Crippen molar-refractivity contribution in [3.63, 3.8) is 0 Å². The largest absolute Gasteiger partial charge is 0.310 e. The molecule has 2 heteroatoms. The Morgan fingerprint density at radius 3 is 1.37 bits per heavy atom. The van der Waals surface area contributed by atoms with E-state index in [1.807, 2.05) is 0 Å². The number of benzene rings is 12. The predicted octanol–water partition coefficient (Wildman–Crippen LogP) is 18.9. The highest BCUT2D eigenvalue weighted by atomic mass is 15.1. The summed E-state index contributed by atoms with van der Waals surface area (Å²) in [6.07, 6.45) is 0. The van der Waals surface area contributed by atoms with Crippen LogP contribution < -0.4 is 4.90 Å². The quantitative estimate of drug-likeness (QED) is 0.148. The average Bonchev–Trinajstić information content (AvgIpc) is 3.77. The molecular weight excluding hydrogens is 845 g/mol. The van der Waals surface area contributed by atoms with Crippen LogP contribution in [0.15, 0.2) is 267 Å². The van der Waals surface area contributed by atoms with E-state index in [4.69, 9.17) is 0 Å². The highest BCUT2D eigenvalue weighted by Crippen LogP contribution is 2.60. The maximum atomic E-state index is 2.45. The Morgan fingerprint density at radius 2 is 0.714 bits per heavy atom. The smallest absolute Gasteiger partial charge is 0.0541 e. The summed E-state index contributed by atoms with van der Waals surface area (Å²) in [5, 5.41) is 7.46. The number of nitrogens with zero attached hydrogens (tertiary/aromatic N) is 2. The Kier molecular flexibility index (Phi) is 9.25. The summed E-state index contributed by atoms with van der Waals surface area (Å²) in [7, 11) is 0. The second kappa shape index (κ2) is 16.2. The number of rotatable bonds is 8. The molecule has 12 aromatic carbocycles. The van der Waals surface area contributed by atoms with Gasteiger partial charge in [0.1, 0.15) is 0 Å². The molecule has 14 rings (SSSR count). The Morgan fingerprint density at radius 1 is 0.243 bits per heavy atom. The van der Waals surface area contributed by atoms with Crippen LogP contribution in [0.1, 0.15) is 0 Å². The van der Waals surface area contributed by atoms with Gasteiger partial charge in [0.2, 0.25) is 0 Å². The zero-order valence-electron chi connectivity index (χ0n) is 38.3. The van der Waals surface area contributed by atoms with E-state index in [1.165, 1.54) is 105 Å². The normalized spacial score (nSPS) is 11.7. The molecule has 0 fully saturated rings. The number of aromatic nitrogens is 1. The third kappa shape index (κ3) is 6.42. The molecule has 0 radical (unpaired) electrons. The van der Waals surface area contributed by atoms with E-state index in [-0.39, 0.29) is 0 Å². The fourth-order valence-electron chi connectivity index (χ4n) is 11.3. The van der Waals surface area contributed by atoms with E-state index in [0.717, 1.165) is 28.3 Å². The highest BCUT2D eigenvalue weighted by molar-refractivity contribution is 6.26. The van der Waals surface area contributed by atoms with Crippen molar-refractivity contribution in [2.24, 2.45) is 0 Å². The monoisotopic (exact) mass is 888 g/mol. The predicted molar refractivity (Wildman–Crippen MR) is 297 cm³/mol. The van der Waals surface area contributed by atoms with Gasteiger partial charge in [0, 0.05) is 33.5 Å². The Bertz CT molecular complexity index is 4140. The molecule has 0 saturated heterocycles. The molecule has 326 valence electrons. The molecule has 0 unspecified atom stereocenters. The lowest BCUT2D eigenvalue weighted by Crippen LogP contribution is -2.10. The van der Waals surface area contributed by atoms with Crippen molar-refractivity contribution in [2.45, 2.75) is 0 Å². The Labute approximate surface area is 407 Å². The van der Waals surface area contributed by atoms with Crippen LogP contribution in [0.4, 0.5) is 17.1 Å². The molecule has 0 bridgehead atoms. The van der Waals surface area contributed by atoms with Gasteiger partial charge in [-0.15, -0.1) is 0 Å². The first-order valence-corrected chi connectivity index (χ1v) is 24.2. The van der Waals surface area contributed by atoms with Crippen molar-refractivity contribution in [3.8, 4) is 72.4 Å². The van der Waals surface area contributed by atoms with Crippen LogP contribution in [0.5, 0.6) is 0 Å². The zero-order chi connectivity index (χ0) is 46.1. The van der Waals surface area contributed by atoms with Crippen molar-refractivity contribution in [3.05, 3.63) is 267 Å². The van der Waals surface area contributed by atoms with Crippen LogP contribution in [-0.2, 0) is 0 Å². The van der Waals surface area contributed by atoms with E-state index in [1.54, 1.807) is 0 Å². The third-order valence-electron chi connectivity index (χ3n) is 14.5. The fourth-order valence-corrected chi connectivity index (χ4v) is 11.3. The molecule has 0 atom stereocenters. The summed E-state index contributed by atoms with van der Waals surface area (Å²) in [4.78, 5) is 2.42. The van der Waals surface area contributed by atoms with E-state index in [9.17, 15) is 0 Å². The topological polar surface area (TPSA) is 8.17 Å². The van der Waals surface area contributed by atoms with Crippen molar-refractivity contribution < 1.29 is 0 Å².